The van der Waals surface area contributed by atoms with Crippen LogP contribution in [-0.4, -0.2) is 44.8 Å². The summed E-state index contributed by atoms with van der Waals surface area (Å²) in [6.07, 6.45) is 3.21. The van der Waals surface area contributed by atoms with E-state index in [-0.39, 0.29) is 0 Å². The van der Waals surface area contributed by atoms with Gasteiger partial charge in [0.1, 0.15) is 6.04 Å². The molecule has 8 nitrogen and oxygen atoms in total. The number of hydrogen-bond acceptors (Lipinski definition) is 5. The Morgan fingerprint density at radius 3 is 2.86 bits per heavy atom. The molecule has 2 amide bonds. The van der Waals surface area contributed by atoms with Gasteiger partial charge in [-0.2, -0.15) is 5.10 Å². The Morgan fingerprint density at radius 1 is 1.14 bits per heavy atom. The van der Waals surface area contributed by atoms with Crippen molar-refractivity contribution in [1.82, 2.24) is 20.5 Å². The van der Waals surface area contributed by atoms with Crippen LogP contribution < -0.4 is 10.6 Å². The molecular weight excluding hydrogens is 358 g/mol. The van der Waals surface area contributed by atoms with Gasteiger partial charge >= 0.3 is 0 Å². The van der Waals surface area contributed by atoms with E-state index in [9.17, 15) is 14.7 Å². The summed E-state index contributed by atoms with van der Waals surface area (Å²) < 4.78 is 0. The van der Waals surface area contributed by atoms with Gasteiger partial charge in [0.2, 0.25) is 5.91 Å². The van der Waals surface area contributed by atoms with Gasteiger partial charge in [0, 0.05) is 22.7 Å². The van der Waals surface area contributed by atoms with Gasteiger partial charge < -0.3 is 15.7 Å². The molecule has 4 aromatic rings. The van der Waals surface area contributed by atoms with Crippen LogP contribution in [0.4, 0.5) is 5.69 Å². The van der Waals surface area contributed by atoms with Gasteiger partial charge in [-0.1, -0.05) is 18.2 Å². The first-order valence-electron chi connectivity index (χ1n) is 8.65. The fourth-order valence-corrected chi connectivity index (χ4v) is 2.97. The molecular formula is C20H17N5O3. The summed E-state index contributed by atoms with van der Waals surface area (Å²) in [6.45, 7) is -0.535. The molecule has 0 spiro atoms. The largest absolute Gasteiger partial charge is 0.394 e. The quantitative estimate of drug-likeness (QED) is 0.424. The first-order chi connectivity index (χ1) is 13.7. The highest BCUT2D eigenvalue weighted by atomic mass is 16.3. The zero-order chi connectivity index (χ0) is 19.5. The third kappa shape index (κ3) is 3.40. The number of H-pyrrole nitrogens is 1. The molecule has 140 valence electrons. The molecule has 0 aliphatic heterocycles. The van der Waals surface area contributed by atoms with Gasteiger partial charge in [-0.05, 0) is 30.3 Å². The number of hydrogen-bond donors (Lipinski definition) is 4. The number of carbonyl (C=O) groups excluding carboxylic acids is 2. The maximum absolute atomic E-state index is 12.7. The molecule has 2 aromatic heterocycles. The minimum atomic E-state index is -1.10. The molecule has 0 aliphatic rings. The van der Waals surface area contributed by atoms with E-state index in [0.717, 1.165) is 10.9 Å². The first kappa shape index (κ1) is 17.6. The number of rotatable bonds is 5. The summed E-state index contributed by atoms with van der Waals surface area (Å²) in [7, 11) is 0. The number of pyridine rings is 1. The number of amides is 2. The molecule has 0 radical (unpaired) electrons. The highest BCUT2D eigenvalue weighted by Crippen LogP contribution is 2.18. The number of carbonyl (C=O) groups is 2. The molecule has 4 rings (SSSR count). The number of aliphatic hydroxyl groups excluding tert-OH is 1. The SMILES string of the molecule is O=C(NC(CO)C(=O)Nc1ccc2cn[nH]c2c1)c1ccnc2ccccc12. The normalized spacial score (nSPS) is 12.0. The van der Waals surface area contributed by atoms with Gasteiger partial charge in [-0.3, -0.25) is 19.7 Å². The molecule has 28 heavy (non-hydrogen) atoms. The molecule has 0 fully saturated rings. The highest BCUT2D eigenvalue weighted by Gasteiger charge is 2.22. The summed E-state index contributed by atoms with van der Waals surface area (Å²) in [5.74, 6) is -0.982. The van der Waals surface area contributed by atoms with Gasteiger partial charge in [0.15, 0.2) is 0 Å². The smallest absolute Gasteiger partial charge is 0.252 e. The fraction of sp³-hybridized carbons (Fsp3) is 0.100. The Bertz CT molecular complexity index is 1170. The Balaban J connectivity index is 1.51. The van der Waals surface area contributed by atoms with Crippen molar-refractivity contribution in [3.8, 4) is 0 Å². The molecule has 0 bridgehead atoms. The van der Waals surface area contributed by atoms with E-state index in [2.05, 4.69) is 25.8 Å². The van der Waals surface area contributed by atoms with Crippen molar-refractivity contribution in [1.29, 1.82) is 0 Å². The number of anilines is 1. The Labute approximate surface area is 159 Å². The second-order valence-electron chi connectivity index (χ2n) is 6.25. The number of benzene rings is 2. The van der Waals surface area contributed by atoms with E-state index >= 15 is 0 Å². The van der Waals surface area contributed by atoms with Crippen LogP contribution in [0.2, 0.25) is 0 Å². The van der Waals surface area contributed by atoms with Crippen molar-refractivity contribution in [3.63, 3.8) is 0 Å². The van der Waals surface area contributed by atoms with Gasteiger partial charge in [-0.25, -0.2) is 0 Å². The Kier molecular flexibility index (Phi) is 4.69. The molecule has 1 atom stereocenters. The van der Waals surface area contributed by atoms with Crippen molar-refractivity contribution < 1.29 is 14.7 Å². The average Bonchev–Trinajstić information content (AvgIpc) is 3.19. The predicted octanol–water partition coefficient (Wildman–Crippen LogP) is 1.84. The van der Waals surface area contributed by atoms with Crippen LogP contribution >= 0.6 is 0 Å². The first-order valence-corrected chi connectivity index (χ1v) is 8.65. The van der Waals surface area contributed by atoms with Crippen LogP contribution in [0.3, 0.4) is 0 Å². The van der Waals surface area contributed by atoms with Crippen LogP contribution in [-0.2, 0) is 4.79 Å². The lowest BCUT2D eigenvalue weighted by molar-refractivity contribution is -0.118. The van der Waals surface area contributed by atoms with E-state index < -0.39 is 24.5 Å². The molecule has 1 unspecified atom stereocenters. The Hall–Kier alpha value is -3.78. The van der Waals surface area contributed by atoms with Gasteiger partial charge in [0.05, 0.1) is 29.4 Å². The third-order valence-corrected chi connectivity index (χ3v) is 4.41. The second-order valence-corrected chi connectivity index (χ2v) is 6.25. The molecule has 0 saturated heterocycles. The lowest BCUT2D eigenvalue weighted by Gasteiger charge is -2.17. The standard InChI is InChI=1S/C20H17N5O3/c26-11-18(20(28)23-13-6-5-12-10-22-25-17(12)9-13)24-19(27)15-7-8-21-16-4-2-1-3-14(15)16/h1-10,18,26H,11H2,(H,22,25)(H,23,28)(H,24,27). The number of nitrogens with one attached hydrogen (secondary N) is 3. The number of fused-ring (bicyclic) bond motifs is 2. The van der Waals surface area contributed by atoms with Crippen LogP contribution in [0.5, 0.6) is 0 Å². The molecule has 4 N–H and O–H groups in total. The van der Waals surface area contributed by atoms with Crippen molar-refractivity contribution in [3.05, 3.63) is 66.5 Å². The predicted molar refractivity (Wildman–Crippen MR) is 105 cm³/mol. The maximum atomic E-state index is 12.7. The van der Waals surface area contributed by atoms with Crippen LogP contribution in [0.1, 0.15) is 10.4 Å². The molecule has 0 saturated carbocycles. The minimum Gasteiger partial charge on any atom is -0.394 e. The lowest BCUT2D eigenvalue weighted by Crippen LogP contribution is -2.46. The van der Waals surface area contributed by atoms with Crippen molar-refractivity contribution in [2.45, 2.75) is 6.04 Å². The topological polar surface area (TPSA) is 120 Å². The lowest BCUT2D eigenvalue weighted by atomic mass is 10.1. The van der Waals surface area contributed by atoms with Crippen molar-refractivity contribution in [2.24, 2.45) is 0 Å². The fourth-order valence-electron chi connectivity index (χ4n) is 2.97. The molecule has 0 aliphatic carbocycles. The summed E-state index contributed by atoms with van der Waals surface area (Å²) in [5, 5.41) is 23.2. The molecule has 2 aromatic carbocycles. The van der Waals surface area contributed by atoms with Crippen LogP contribution in [0, 0.1) is 0 Å². The maximum Gasteiger partial charge on any atom is 0.252 e. The van der Waals surface area contributed by atoms with Crippen LogP contribution in [0.25, 0.3) is 21.8 Å². The third-order valence-electron chi connectivity index (χ3n) is 4.41. The second kappa shape index (κ2) is 7.45. The van der Waals surface area contributed by atoms with Crippen molar-refractivity contribution in [2.75, 3.05) is 11.9 Å². The summed E-state index contributed by atoms with van der Waals surface area (Å²) in [4.78, 5) is 29.4. The number of nitrogens with zero attached hydrogens (tertiary/aromatic N) is 2. The zero-order valence-corrected chi connectivity index (χ0v) is 14.7. The van der Waals surface area contributed by atoms with E-state index in [4.69, 9.17) is 0 Å². The number of aliphatic hydroxyl groups is 1. The number of aromatic nitrogens is 3. The number of aromatic amines is 1. The molecule has 8 heteroatoms. The zero-order valence-electron chi connectivity index (χ0n) is 14.7. The van der Waals surface area contributed by atoms with Crippen LogP contribution in [0.15, 0.2) is 60.9 Å². The summed E-state index contributed by atoms with van der Waals surface area (Å²) >= 11 is 0. The highest BCUT2D eigenvalue weighted by molar-refractivity contribution is 6.08. The van der Waals surface area contributed by atoms with Crippen molar-refractivity contribution >= 4 is 39.3 Å². The van der Waals surface area contributed by atoms with E-state index in [1.54, 1.807) is 36.5 Å². The summed E-state index contributed by atoms with van der Waals surface area (Å²) in [5.41, 5.74) is 2.36. The summed E-state index contributed by atoms with van der Waals surface area (Å²) in [6, 6.07) is 13.0. The monoisotopic (exact) mass is 375 g/mol. The number of para-hydroxylation sites is 1. The van der Waals surface area contributed by atoms with E-state index in [0.29, 0.717) is 22.2 Å². The van der Waals surface area contributed by atoms with E-state index in [1.807, 2.05) is 18.2 Å². The minimum absolute atomic E-state index is 0.385. The molecule has 2 heterocycles. The van der Waals surface area contributed by atoms with Gasteiger partial charge in [-0.15, -0.1) is 0 Å². The van der Waals surface area contributed by atoms with E-state index in [1.165, 1.54) is 6.20 Å². The Morgan fingerprint density at radius 2 is 2.00 bits per heavy atom. The average molecular weight is 375 g/mol. The van der Waals surface area contributed by atoms with Gasteiger partial charge in [0.25, 0.3) is 5.91 Å².